The minimum atomic E-state index is -1.25. The monoisotopic (exact) mass is 705 g/mol. The van der Waals surface area contributed by atoms with Gasteiger partial charge in [0.25, 0.3) is 0 Å². The van der Waals surface area contributed by atoms with Crippen LogP contribution < -0.4 is 31.9 Å². The first-order valence-electron chi connectivity index (χ1n) is 17.3. The molecule has 0 aliphatic carbocycles. The van der Waals surface area contributed by atoms with E-state index in [1.807, 2.05) is 12.1 Å². The molecule has 0 radical (unpaired) electrons. The molecule has 2 saturated heterocycles. The molecule has 1 aromatic carbocycles. The first-order chi connectivity index (χ1) is 24.4. The zero-order chi connectivity index (χ0) is 37.2. The van der Waals surface area contributed by atoms with Crippen LogP contribution in [0.4, 0.5) is 0 Å². The van der Waals surface area contributed by atoms with Gasteiger partial charge in [0.15, 0.2) is 0 Å². The highest BCUT2D eigenvalue weighted by Gasteiger charge is 2.45. The Balaban J connectivity index is 1.55. The number of carbonyl (C=O) groups excluding carboxylic acids is 6. The Morgan fingerprint density at radius 1 is 0.941 bits per heavy atom. The first kappa shape index (κ1) is 40.4. The number of aliphatic hydroxyl groups is 1. The van der Waals surface area contributed by atoms with Gasteiger partial charge in [-0.2, -0.15) is 0 Å². The summed E-state index contributed by atoms with van der Waals surface area (Å²) in [5.41, 5.74) is -0.121. The molecule has 4 atom stereocenters. The number of nitrogens with zero attached hydrogens (tertiary/aromatic N) is 1. The van der Waals surface area contributed by atoms with Crippen molar-refractivity contribution in [3.05, 3.63) is 84.6 Å². The Bertz CT molecular complexity index is 1490. The van der Waals surface area contributed by atoms with Crippen LogP contribution in [-0.4, -0.2) is 95.0 Å². The highest BCUT2D eigenvalue weighted by Crippen LogP contribution is 2.20. The number of nitrogens with one attached hydrogen (secondary N) is 6. The van der Waals surface area contributed by atoms with Gasteiger partial charge in [0.1, 0.15) is 24.7 Å². The summed E-state index contributed by atoms with van der Waals surface area (Å²) in [5, 5.41) is 25.4. The second-order valence-corrected chi connectivity index (χ2v) is 13.0. The lowest BCUT2D eigenvalue weighted by molar-refractivity contribution is -0.137. The van der Waals surface area contributed by atoms with Crippen molar-refractivity contribution in [2.24, 2.45) is 0 Å². The molecule has 51 heavy (non-hydrogen) atoms. The van der Waals surface area contributed by atoms with E-state index in [1.54, 1.807) is 57.2 Å². The largest absolute Gasteiger partial charge is 0.393 e. The van der Waals surface area contributed by atoms with Crippen molar-refractivity contribution in [2.45, 2.75) is 89.2 Å². The van der Waals surface area contributed by atoms with Crippen molar-refractivity contribution in [2.75, 3.05) is 19.6 Å². The van der Waals surface area contributed by atoms with Crippen LogP contribution >= 0.6 is 0 Å². The summed E-state index contributed by atoms with van der Waals surface area (Å²) < 4.78 is 0. The number of benzene rings is 1. The average molecular weight is 706 g/mol. The Kier molecular flexibility index (Phi) is 16.3. The van der Waals surface area contributed by atoms with Gasteiger partial charge in [-0.25, -0.2) is 0 Å². The van der Waals surface area contributed by atoms with E-state index < -0.39 is 53.3 Å². The molecule has 14 heteroatoms. The van der Waals surface area contributed by atoms with Gasteiger partial charge in [0.05, 0.1) is 11.8 Å². The van der Waals surface area contributed by atoms with Crippen LogP contribution in [0.15, 0.2) is 79.1 Å². The van der Waals surface area contributed by atoms with Gasteiger partial charge < -0.3 is 36.6 Å². The number of unbranched alkanes of at least 4 members (excludes halogenated alkanes) is 2. The molecule has 7 N–H and O–H groups in total. The van der Waals surface area contributed by atoms with E-state index in [1.165, 1.54) is 11.0 Å². The molecule has 3 rings (SSSR count). The third-order valence-electron chi connectivity index (χ3n) is 8.21. The number of aliphatic hydroxyl groups excluding tert-OH is 1. The molecule has 2 heterocycles. The fourth-order valence-corrected chi connectivity index (χ4v) is 5.45. The van der Waals surface area contributed by atoms with Gasteiger partial charge in [-0.3, -0.25) is 34.1 Å². The van der Waals surface area contributed by atoms with E-state index in [0.717, 1.165) is 49.9 Å². The summed E-state index contributed by atoms with van der Waals surface area (Å²) in [6.07, 6.45) is 17.2. The molecular formula is C37H51N7O7. The van der Waals surface area contributed by atoms with Crippen LogP contribution in [0.1, 0.15) is 58.4 Å². The third-order valence-corrected chi connectivity index (χ3v) is 8.21. The number of fused-ring (bicyclic) bond motifs is 2. The number of hydrogen-bond donors (Lipinski definition) is 7. The Labute approximate surface area is 299 Å². The molecule has 0 saturated carbocycles. The molecule has 1 aromatic rings. The van der Waals surface area contributed by atoms with Gasteiger partial charge in [-0.05, 0) is 58.4 Å². The van der Waals surface area contributed by atoms with Gasteiger partial charge in [-0.15, -0.1) is 0 Å². The van der Waals surface area contributed by atoms with Crippen LogP contribution in [0.25, 0.3) is 0 Å². The van der Waals surface area contributed by atoms with Crippen molar-refractivity contribution >= 4 is 35.4 Å². The molecule has 2 fully saturated rings. The number of carbonyl (C=O) groups is 6. The lowest BCUT2D eigenvalue weighted by atomic mass is 10.0. The quantitative estimate of drug-likeness (QED) is 0.0596. The van der Waals surface area contributed by atoms with Crippen molar-refractivity contribution in [1.82, 2.24) is 36.8 Å². The van der Waals surface area contributed by atoms with Crippen LogP contribution in [0, 0.1) is 0 Å². The van der Waals surface area contributed by atoms with Crippen molar-refractivity contribution in [3.63, 3.8) is 0 Å². The summed E-state index contributed by atoms with van der Waals surface area (Å²) in [5.74, 6) is -3.28. The molecule has 0 aromatic heterocycles. The van der Waals surface area contributed by atoms with Gasteiger partial charge in [0, 0.05) is 37.9 Å². The standard InChI is InChI=1S/C37H51N7O7/c1-26(45)16-12-9-7-5-4-6-8-10-15-19-31(46)38-21-20-32(47)39-23-29-34(49)40-24-30-36(51)44(37(2,3)43-30)25-33(48)41-28(35(50)42-29)22-27-17-13-11-14-18-27/h7-11,13-15,17-21,26,28-30,43,45H,4-6,12,16,22-25H2,1-3H3,(H,38,46)(H,39,47)(H,40,49)(H,41,48)(H,42,50)/b9-7+,10-8+,19-15+,21-20+. The molecule has 14 nitrogen and oxygen atoms in total. The molecule has 2 aliphatic rings. The molecule has 276 valence electrons. The Morgan fingerprint density at radius 2 is 1.67 bits per heavy atom. The third kappa shape index (κ3) is 14.4. The number of amides is 6. The lowest BCUT2D eigenvalue weighted by Gasteiger charge is -2.31. The topological polar surface area (TPSA) is 198 Å². The summed E-state index contributed by atoms with van der Waals surface area (Å²) in [7, 11) is 0. The summed E-state index contributed by atoms with van der Waals surface area (Å²) >= 11 is 0. The van der Waals surface area contributed by atoms with E-state index in [-0.39, 0.29) is 38.1 Å². The SMILES string of the molecule is CC(O)CC/C=C/CCC/C=C/C=C/C(=O)N/C=C/C(=O)NCC1NC(=O)C(Cc2ccccc2)NC(=O)CN2C(=O)C(CNC1=O)NC2(C)C. The van der Waals surface area contributed by atoms with Crippen molar-refractivity contribution in [1.29, 1.82) is 0 Å². The average Bonchev–Trinajstić information content (AvgIpc) is 3.30. The predicted molar refractivity (Wildman–Crippen MR) is 192 cm³/mol. The Morgan fingerprint density at radius 3 is 2.41 bits per heavy atom. The highest BCUT2D eigenvalue weighted by atomic mass is 16.3. The van der Waals surface area contributed by atoms with Gasteiger partial charge in [0.2, 0.25) is 35.4 Å². The lowest BCUT2D eigenvalue weighted by Crippen LogP contribution is -2.59. The fraction of sp³-hybridized carbons (Fsp3) is 0.459. The van der Waals surface area contributed by atoms with Gasteiger partial charge >= 0.3 is 0 Å². The fourth-order valence-electron chi connectivity index (χ4n) is 5.45. The van der Waals surface area contributed by atoms with Crippen LogP contribution in [0.3, 0.4) is 0 Å². The van der Waals surface area contributed by atoms with Crippen LogP contribution in [-0.2, 0) is 35.2 Å². The molecule has 0 spiro atoms. The summed E-state index contributed by atoms with van der Waals surface area (Å²) in [6.45, 7) is 4.55. The maximum absolute atomic E-state index is 13.5. The maximum Gasteiger partial charge on any atom is 0.247 e. The van der Waals surface area contributed by atoms with Crippen LogP contribution in [0.2, 0.25) is 0 Å². The highest BCUT2D eigenvalue weighted by molar-refractivity contribution is 5.96. The maximum atomic E-state index is 13.5. The van der Waals surface area contributed by atoms with E-state index >= 15 is 0 Å². The summed E-state index contributed by atoms with van der Waals surface area (Å²) in [6, 6.07) is 5.88. The van der Waals surface area contributed by atoms with E-state index in [0.29, 0.717) is 0 Å². The van der Waals surface area contributed by atoms with E-state index in [4.69, 9.17) is 0 Å². The molecule has 4 unspecified atom stereocenters. The molecular weight excluding hydrogens is 654 g/mol. The minimum Gasteiger partial charge on any atom is -0.393 e. The second-order valence-electron chi connectivity index (χ2n) is 13.0. The number of rotatable bonds is 15. The summed E-state index contributed by atoms with van der Waals surface area (Å²) in [4.78, 5) is 79.1. The molecule has 6 amide bonds. The van der Waals surface area contributed by atoms with Crippen molar-refractivity contribution in [3.8, 4) is 0 Å². The second kappa shape index (κ2) is 20.6. The van der Waals surface area contributed by atoms with Crippen molar-refractivity contribution < 1.29 is 33.9 Å². The molecule has 2 aliphatic heterocycles. The minimum absolute atomic E-state index is 0.107. The normalized spacial score (nSPS) is 22.0. The van der Waals surface area contributed by atoms with Crippen LogP contribution in [0.5, 0.6) is 0 Å². The van der Waals surface area contributed by atoms with Gasteiger partial charge in [-0.1, -0.05) is 60.7 Å². The Hall–Kier alpha value is -5.08. The van der Waals surface area contributed by atoms with E-state index in [9.17, 15) is 33.9 Å². The first-order valence-corrected chi connectivity index (χ1v) is 17.3. The number of hydrogen-bond acceptors (Lipinski definition) is 8. The zero-order valence-corrected chi connectivity index (χ0v) is 29.5. The smallest absolute Gasteiger partial charge is 0.247 e. The van der Waals surface area contributed by atoms with E-state index in [2.05, 4.69) is 44.1 Å². The zero-order valence-electron chi connectivity index (χ0n) is 29.5. The molecule has 2 bridgehead atoms. The predicted octanol–water partition coefficient (Wildman–Crippen LogP) is 0.611. The number of allylic oxidation sites excluding steroid dienone is 5.